The molecular formula is C27H38F2O. The van der Waals surface area contributed by atoms with Crippen molar-refractivity contribution in [2.24, 2.45) is 17.8 Å². The van der Waals surface area contributed by atoms with Crippen molar-refractivity contribution in [2.45, 2.75) is 96.5 Å². The van der Waals surface area contributed by atoms with Crippen LogP contribution in [0.3, 0.4) is 0 Å². The monoisotopic (exact) mass is 416 g/mol. The summed E-state index contributed by atoms with van der Waals surface area (Å²) in [5, 5.41) is 0. The highest BCUT2D eigenvalue weighted by atomic mass is 19.2. The number of hydrogen-bond acceptors (Lipinski definition) is 1. The molecule has 0 spiro atoms. The second-order valence-electron chi connectivity index (χ2n) is 10.1. The molecule has 1 aromatic carbocycles. The van der Waals surface area contributed by atoms with Gasteiger partial charge in [-0.2, -0.15) is 0 Å². The van der Waals surface area contributed by atoms with Gasteiger partial charge in [0.05, 0.1) is 12.7 Å². The molecule has 0 N–H and O–H groups in total. The van der Waals surface area contributed by atoms with Crippen LogP contribution in [0.25, 0.3) is 0 Å². The van der Waals surface area contributed by atoms with Gasteiger partial charge in [-0.15, -0.1) is 0 Å². The van der Waals surface area contributed by atoms with Crippen LogP contribution in [0.2, 0.25) is 0 Å². The van der Waals surface area contributed by atoms with E-state index in [1.165, 1.54) is 38.5 Å². The van der Waals surface area contributed by atoms with Gasteiger partial charge in [0.15, 0.2) is 11.6 Å². The zero-order chi connectivity index (χ0) is 21.1. The summed E-state index contributed by atoms with van der Waals surface area (Å²) in [6.45, 7) is 4.80. The van der Waals surface area contributed by atoms with E-state index in [1.807, 2.05) is 0 Å². The lowest BCUT2D eigenvalue weighted by molar-refractivity contribution is -0.0499. The Morgan fingerprint density at radius 1 is 0.933 bits per heavy atom. The maximum atomic E-state index is 14.4. The minimum absolute atomic E-state index is 0.149. The highest BCUT2D eigenvalue weighted by Gasteiger charge is 2.34. The normalized spacial score (nSPS) is 32.7. The van der Waals surface area contributed by atoms with Crippen molar-refractivity contribution in [1.29, 1.82) is 0 Å². The molecule has 30 heavy (non-hydrogen) atoms. The molecule has 0 bridgehead atoms. The Hall–Kier alpha value is -1.22. The third-order valence-corrected chi connectivity index (χ3v) is 8.13. The van der Waals surface area contributed by atoms with Crippen LogP contribution in [0.5, 0.6) is 0 Å². The quantitative estimate of drug-likeness (QED) is 0.444. The molecule has 1 saturated heterocycles. The number of aryl methyl sites for hydroxylation is 1. The predicted molar refractivity (Wildman–Crippen MR) is 119 cm³/mol. The first-order chi connectivity index (χ1) is 14.6. The van der Waals surface area contributed by atoms with Gasteiger partial charge in [-0.05, 0) is 93.6 Å². The summed E-state index contributed by atoms with van der Waals surface area (Å²) in [4.78, 5) is 0. The maximum Gasteiger partial charge on any atom is 0.162 e. The van der Waals surface area contributed by atoms with E-state index >= 15 is 0 Å². The van der Waals surface area contributed by atoms with Crippen LogP contribution in [-0.2, 0) is 4.74 Å². The molecule has 3 aliphatic rings. The molecule has 2 aliphatic carbocycles. The van der Waals surface area contributed by atoms with Gasteiger partial charge in [-0.25, -0.2) is 8.78 Å². The molecule has 1 aliphatic heterocycles. The van der Waals surface area contributed by atoms with Gasteiger partial charge in [-0.3, -0.25) is 0 Å². The van der Waals surface area contributed by atoms with Gasteiger partial charge in [0.1, 0.15) is 0 Å². The SMILES string of the molecule is CCCC1CC=C(C2CCC(C3CCC(c4ccc(C)c(F)c4F)CC3)OC2)CC1. The van der Waals surface area contributed by atoms with Crippen molar-refractivity contribution in [3.05, 3.63) is 46.5 Å². The first-order valence-electron chi connectivity index (χ1n) is 12.3. The number of benzene rings is 1. The predicted octanol–water partition coefficient (Wildman–Crippen LogP) is 7.87. The standard InChI is InChI=1S/C27H38F2O/c1-3-4-19-6-8-20(9-7-19)23-14-16-25(30-17-23)22-12-10-21(11-13-22)24-15-5-18(2)26(28)27(24)29/h5,8,15,19,21-23,25H,3-4,6-7,9-14,16-17H2,1-2H3. The highest BCUT2D eigenvalue weighted by Crippen LogP contribution is 2.42. The second-order valence-corrected chi connectivity index (χ2v) is 10.1. The van der Waals surface area contributed by atoms with Gasteiger partial charge in [0.2, 0.25) is 0 Å². The summed E-state index contributed by atoms with van der Waals surface area (Å²) >= 11 is 0. The van der Waals surface area contributed by atoms with Crippen molar-refractivity contribution in [2.75, 3.05) is 6.61 Å². The average Bonchev–Trinajstić information content (AvgIpc) is 2.79. The van der Waals surface area contributed by atoms with Crippen molar-refractivity contribution in [3.63, 3.8) is 0 Å². The minimum Gasteiger partial charge on any atom is -0.377 e. The van der Waals surface area contributed by atoms with Crippen LogP contribution in [0, 0.1) is 36.3 Å². The molecule has 3 heteroatoms. The fourth-order valence-electron chi connectivity index (χ4n) is 6.16. The van der Waals surface area contributed by atoms with Crippen molar-refractivity contribution < 1.29 is 13.5 Å². The van der Waals surface area contributed by atoms with E-state index in [0.29, 0.717) is 29.1 Å². The Morgan fingerprint density at radius 3 is 2.33 bits per heavy atom. The molecule has 3 atom stereocenters. The molecule has 1 saturated carbocycles. The molecular weight excluding hydrogens is 378 g/mol. The molecule has 166 valence electrons. The van der Waals surface area contributed by atoms with E-state index in [4.69, 9.17) is 4.74 Å². The van der Waals surface area contributed by atoms with Crippen LogP contribution in [-0.4, -0.2) is 12.7 Å². The Balaban J connectivity index is 1.26. The Kier molecular flexibility index (Phi) is 7.28. The van der Waals surface area contributed by atoms with Crippen LogP contribution < -0.4 is 0 Å². The molecule has 4 rings (SSSR count). The lowest BCUT2D eigenvalue weighted by Crippen LogP contribution is -2.35. The summed E-state index contributed by atoms with van der Waals surface area (Å²) in [7, 11) is 0. The number of allylic oxidation sites excluding steroid dienone is 1. The number of rotatable bonds is 5. The summed E-state index contributed by atoms with van der Waals surface area (Å²) in [6, 6.07) is 3.51. The minimum atomic E-state index is -0.672. The zero-order valence-corrected chi connectivity index (χ0v) is 18.8. The van der Waals surface area contributed by atoms with Gasteiger partial charge in [0.25, 0.3) is 0 Å². The van der Waals surface area contributed by atoms with Crippen LogP contribution in [0.15, 0.2) is 23.8 Å². The molecule has 2 fully saturated rings. The van der Waals surface area contributed by atoms with Crippen LogP contribution >= 0.6 is 0 Å². The third kappa shape index (κ3) is 4.82. The molecule has 1 nitrogen and oxygen atoms in total. The van der Waals surface area contributed by atoms with E-state index in [1.54, 1.807) is 24.6 Å². The third-order valence-electron chi connectivity index (χ3n) is 8.13. The second kappa shape index (κ2) is 9.94. The van der Waals surface area contributed by atoms with Gasteiger partial charge >= 0.3 is 0 Å². The van der Waals surface area contributed by atoms with Crippen molar-refractivity contribution >= 4 is 0 Å². The molecule has 3 unspecified atom stereocenters. The zero-order valence-electron chi connectivity index (χ0n) is 18.8. The van der Waals surface area contributed by atoms with Crippen LogP contribution in [0.1, 0.15) is 94.6 Å². The topological polar surface area (TPSA) is 9.23 Å². The van der Waals surface area contributed by atoms with Crippen molar-refractivity contribution in [3.8, 4) is 0 Å². The molecule has 0 amide bonds. The average molecular weight is 417 g/mol. The lowest BCUT2D eigenvalue weighted by Gasteiger charge is -2.39. The smallest absolute Gasteiger partial charge is 0.162 e. The van der Waals surface area contributed by atoms with E-state index in [2.05, 4.69) is 13.0 Å². The summed E-state index contributed by atoms with van der Waals surface area (Å²) in [5.74, 6) is 0.959. The number of ether oxygens (including phenoxy) is 1. The lowest BCUT2D eigenvalue weighted by atomic mass is 9.74. The van der Waals surface area contributed by atoms with E-state index in [0.717, 1.165) is 44.6 Å². The van der Waals surface area contributed by atoms with Gasteiger partial charge in [-0.1, -0.05) is 43.5 Å². The number of hydrogen-bond donors (Lipinski definition) is 0. The molecule has 1 heterocycles. The Bertz CT molecular complexity index is 739. The summed E-state index contributed by atoms with van der Waals surface area (Å²) in [5.41, 5.74) is 2.62. The Morgan fingerprint density at radius 2 is 1.70 bits per heavy atom. The van der Waals surface area contributed by atoms with Gasteiger partial charge < -0.3 is 4.74 Å². The Labute approximate surface area is 181 Å². The first-order valence-corrected chi connectivity index (χ1v) is 12.3. The highest BCUT2D eigenvalue weighted by molar-refractivity contribution is 5.28. The summed E-state index contributed by atoms with van der Waals surface area (Å²) < 4.78 is 34.7. The van der Waals surface area contributed by atoms with E-state index in [-0.39, 0.29) is 5.92 Å². The summed E-state index contributed by atoms with van der Waals surface area (Å²) in [6.07, 6.45) is 15.9. The van der Waals surface area contributed by atoms with E-state index in [9.17, 15) is 8.78 Å². The van der Waals surface area contributed by atoms with Crippen LogP contribution in [0.4, 0.5) is 8.78 Å². The fourth-order valence-corrected chi connectivity index (χ4v) is 6.16. The largest absolute Gasteiger partial charge is 0.377 e. The fraction of sp³-hybridized carbons (Fsp3) is 0.704. The first kappa shape index (κ1) is 22.0. The number of halogens is 2. The van der Waals surface area contributed by atoms with Crippen molar-refractivity contribution in [1.82, 2.24) is 0 Å². The molecule has 0 radical (unpaired) electrons. The van der Waals surface area contributed by atoms with E-state index < -0.39 is 11.6 Å². The molecule has 1 aromatic rings. The maximum absolute atomic E-state index is 14.4. The van der Waals surface area contributed by atoms with Gasteiger partial charge in [0, 0.05) is 5.92 Å². The molecule has 0 aromatic heterocycles.